The fraction of sp³-hybridized carbons (Fsp3) is 0.500. The second-order valence-corrected chi connectivity index (χ2v) is 4.55. The Hall–Kier alpha value is -1.55. The van der Waals surface area contributed by atoms with Crippen molar-refractivity contribution in [1.82, 2.24) is 0 Å². The van der Waals surface area contributed by atoms with Crippen LogP contribution < -0.4 is 4.74 Å². The molecule has 18 heavy (non-hydrogen) atoms. The minimum Gasteiger partial charge on any atom is -0.494 e. The number of rotatable bonds is 5. The first-order valence-corrected chi connectivity index (χ1v) is 6.29. The zero-order valence-electron chi connectivity index (χ0n) is 10.3. The smallest absolute Gasteiger partial charge is 0.335 e. The van der Waals surface area contributed by atoms with Crippen LogP contribution in [0.1, 0.15) is 29.6 Å². The molecule has 4 nitrogen and oxygen atoms in total. The Kier molecular flexibility index (Phi) is 4.59. The summed E-state index contributed by atoms with van der Waals surface area (Å²) in [5.74, 6) is 0.398. The largest absolute Gasteiger partial charge is 0.494 e. The number of carboxylic acids is 1. The van der Waals surface area contributed by atoms with Crippen LogP contribution in [-0.4, -0.2) is 30.9 Å². The molecule has 1 aliphatic rings. The van der Waals surface area contributed by atoms with E-state index >= 15 is 0 Å². The van der Waals surface area contributed by atoms with Gasteiger partial charge in [0.05, 0.1) is 12.2 Å². The molecule has 0 bridgehead atoms. The van der Waals surface area contributed by atoms with Crippen molar-refractivity contribution in [2.45, 2.75) is 19.3 Å². The second kappa shape index (κ2) is 6.40. The molecule has 0 aromatic heterocycles. The fourth-order valence-electron chi connectivity index (χ4n) is 2.07. The zero-order valence-corrected chi connectivity index (χ0v) is 10.3. The Labute approximate surface area is 107 Å². The topological polar surface area (TPSA) is 55.8 Å². The number of hydrogen-bond donors (Lipinski definition) is 1. The molecule has 4 heteroatoms. The lowest BCUT2D eigenvalue weighted by Gasteiger charge is -2.21. The van der Waals surface area contributed by atoms with Crippen LogP contribution in [0.2, 0.25) is 0 Å². The van der Waals surface area contributed by atoms with Crippen LogP contribution in [0.15, 0.2) is 24.3 Å². The highest BCUT2D eigenvalue weighted by atomic mass is 16.5. The van der Waals surface area contributed by atoms with Gasteiger partial charge in [0.15, 0.2) is 0 Å². The highest BCUT2D eigenvalue weighted by molar-refractivity contribution is 5.87. The zero-order chi connectivity index (χ0) is 12.8. The lowest BCUT2D eigenvalue weighted by molar-refractivity contribution is 0.0462. The van der Waals surface area contributed by atoms with E-state index in [-0.39, 0.29) is 5.56 Å². The van der Waals surface area contributed by atoms with Crippen molar-refractivity contribution in [2.75, 3.05) is 19.8 Å². The summed E-state index contributed by atoms with van der Waals surface area (Å²) in [4.78, 5) is 10.7. The molecule has 0 radical (unpaired) electrons. The number of hydrogen-bond acceptors (Lipinski definition) is 3. The first-order chi connectivity index (χ1) is 8.75. The summed E-state index contributed by atoms with van der Waals surface area (Å²) in [7, 11) is 0. The van der Waals surface area contributed by atoms with Gasteiger partial charge < -0.3 is 14.6 Å². The van der Waals surface area contributed by atoms with Crippen molar-refractivity contribution < 1.29 is 19.4 Å². The molecule has 0 spiro atoms. The Bertz CT molecular complexity index is 379. The summed E-state index contributed by atoms with van der Waals surface area (Å²) in [6.07, 6.45) is 3.33. The van der Waals surface area contributed by atoms with Gasteiger partial charge in [-0.1, -0.05) is 0 Å². The lowest BCUT2D eigenvalue weighted by atomic mass is 9.99. The van der Waals surface area contributed by atoms with Gasteiger partial charge in [-0.25, -0.2) is 4.79 Å². The summed E-state index contributed by atoms with van der Waals surface area (Å²) in [6, 6.07) is 6.50. The van der Waals surface area contributed by atoms with Gasteiger partial charge in [-0.05, 0) is 49.4 Å². The van der Waals surface area contributed by atoms with E-state index in [1.807, 2.05) is 0 Å². The molecule has 0 aliphatic carbocycles. The Morgan fingerprint density at radius 2 is 2.17 bits per heavy atom. The van der Waals surface area contributed by atoms with Crippen molar-refractivity contribution in [1.29, 1.82) is 0 Å². The summed E-state index contributed by atoms with van der Waals surface area (Å²) in [5.41, 5.74) is 0.281. The number of aromatic carboxylic acids is 1. The monoisotopic (exact) mass is 250 g/mol. The van der Waals surface area contributed by atoms with Gasteiger partial charge in [0, 0.05) is 13.2 Å². The van der Waals surface area contributed by atoms with Gasteiger partial charge in [0.25, 0.3) is 0 Å². The molecule has 1 fully saturated rings. The Balaban J connectivity index is 1.74. The summed E-state index contributed by atoms with van der Waals surface area (Å²) in [6.45, 7) is 2.37. The molecule has 1 unspecified atom stereocenters. The summed E-state index contributed by atoms with van der Waals surface area (Å²) >= 11 is 0. The van der Waals surface area contributed by atoms with Crippen LogP contribution in [0.5, 0.6) is 5.75 Å². The molecule has 1 aromatic carbocycles. The summed E-state index contributed by atoms with van der Waals surface area (Å²) < 4.78 is 11.0. The predicted octanol–water partition coefficient (Wildman–Crippen LogP) is 2.58. The van der Waals surface area contributed by atoms with E-state index in [4.69, 9.17) is 14.6 Å². The van der Waals surface area contributed by atoms with Crippen molar-refractivity contribution in [3.05, 3.63) is 29.8 Å². The molecular formula is C14H18O4. The van der Waals surface area contributed by atoms with Crippen molar-refractivity contribution in [3.63, 3.8) is 0 Å². The van der Waals surface area contributed by atoms with E-state index in [9.17, 15) is 4.79 Å². The fourth-order valence-corrected chi connectivity index (χ4v) is 2.07. The maximum atomic E-state index is 10.7. The highest BCUT2D eigenvalue weighted by Gasteiger charge is 2.13. The third-order valence-electron chi connectivity index (χ3n) is 3.15. The minimum absolute atomic E-state index is 0.281. The SMILES string of the molecule is O=C(O)c1ccc(OCCC2CCCOC2)cc1. The average Bonchev–Trinajstić information content (AvgIpc) is 2.40. The molecule has 1 N–H and O–H groups in total. The van der Waals surface area contributed by atoms with E-state index in [0.29, 0.717) is 12.5 Å². The maximum absolute atomic E-state index is 10.7. The van der Waals surface area contributed by atoms with Gasteiger partial charge >= 0.3 is 5.97 Å². The average molecular weight is 250 g/mol. The Morgan fingerprint density at radius 1 is 1.39 bits per heavy atom. The van der Waals surface area contributed by atoms with Crippen LogP contribution >= 0.6 is 0 Å². The molecular weight excluding hydrogens is 232 g/mol. The predicted molar refractivity (Wildman–Crippen MR) is 67.1 cm³/mol. The van der Waals surface area contributed by atoms with Gasteiger partial charge in [0.2, 0.25) is 0 Å². The number of carboxylic acid groups (broad SMARTS) is 1. The number of carbonyl (C=O) groups is 1. The van der Waals surface area contributed by atoms with Crippen LogP contribution in [0.25, 0.3) is 0 Å². The van der Waals surface area contributed by atoms with Crippen LogP contribution in [0.3, 0.4) is 0 Å². The second-order valence-electron chi connectivity index (χ2n) is 4.55. The first kappa shape index (κ1) is 12.9. The van der Waals surface area contributed by atoms with Crippen LogP contribution in [-0.2, 0) is 4.74 Å². The number of benzene rings is 1. The van der Waals surface area contributed by atoms with E-state index < -0.39 is 5.97 Å². The van der Waals surface area contributed by atoms with Crippen LogP contribution in [0.4, 0.5) is 0 Å². The molecule has 1 saturated heterocycles. The highest BCUT2D eigenvalue weighted by Crippen LogP contribution is 2.18. The molecule has 2 rings (SSSR count). The number of ether oxygens (including phenoxy) is 2. The van der Waals surface area contributed by atoms with Gasteiger partial charge in [0.1, 0.15) is 5.75 Å². The van der Waals surface area contributed by atoms with E-state index in [1.54, 1.807) is 24.3 Å². The maximum Gasteiger partial charge on any atom is 0.335 e. The molecule has 1 aromatic rings. The lowest BCUT2D eigenvalue weighted by Crippen LogP contribution is -2.19. The third-order valence-corrected chi connectivity index (χ3v) is 3.15. The van der Waals surface area contributed by atoms with Crippen molar-refractivity contribution >= 4 is 5.97 Å². The van der Waals surface area contributed by atoms with E-state index in [2.05, 4.69) is 0 Å². The van der Waals surface area contributed by atoms with Crippen molar-refractivity contribution in [2.24, 2.45) is 5.92 Å². The van der Waals surface area contributed by atoms with Crippen molar-refractivity contribution in [3.8, 4) is 5.75 Å². The molecule has 1 heterocycles. The van der Waals surface area contributed by atoms with Gasteiger partial charge in [-0.15, -0.1) is 0 Å². The van der Waals surface area contributed by atoms with Crippen LogP contribution in [0, 0.1) is 5.92 Å². The normalized spacial score (nSPS) is 19.4. The van der Waals surface area contributed by atoms with E-state index in [1.165, 1.54) is 6.42 Å². The molecule has 0 amide bonds. The van der Waals surface area contributed by atoms with Gasteiger partial charge in [-0.3, -0.25) is 0 Å². The standard InChI is InChI=1S/C14H18O4/c15-14(16)12-3-5-13(6-4-12)18-9-7-11-2-1-8-17-10-11/h3-6,11H,1-2,7-10H2,(H,15,16). The summed E-state index contributed by atoms with van der Waals surface area (Å²) in [5, 5.41) is 8.77. The third kappa shape index (κ3) is 3.74. The van der Waals surface area contributed by atoms with E-state index in [0.717, 1.165) is 31.8 Å². The van der Waals surface area contributed by atoms with Gasteiger partial charge in [-0.2, -0.15) is 0 Å². The Morgan fingerprint density at radius 3 is 2.78 bits per heavy atom. The molecule has 1 aliphatic heterocycles. The molecule has 98 valence electrons. The molecule has 0 saturated carbocycles. The molecule has 1 atom stereocenters. The quantitative estimate of drug-likeness (QED) is 0.872. The minimum atomic E-state index is -0.916. The first-order valence-electron chi connectivity index (χ1n) is 6.29.